The van der Waals surface area contributed by atoms with Crippen LogP contribution in [0.3, 0.4) is 0 Å². The molecule has 6 rings (SSSR count). The highest BCUT2D eigenvalue weighted by Gasteiger charge is 2.30. The number of nitrogens with one attached hydrogen (secondary N) is 3. The normalized spacial score (nSPS) is 19.3. The summed E-state index contributed by atoms with van der Waals surface area (Å²) in [5, 5.41) is 15.1. The van der Waals surface area contributed by atoms with Crippen molar-refractivity contribution < 1.29 is 14.6 Å². The molecule has 10 heteroatoms. The minimum atomic E-state index is -0.838. The second-order valence-electron chi connectivity index (χ2n) is 11.0. The van der Waals surface area contributed by atoms with Gasteiger partial charge in [0.25, 0.3) is 0 Å². The number of anilines is 2. The van der Waals surface area contributed by atoms with E-state index in [2.05, 4.69) is 64.3 Å². The molecule has 1 unspecified atom stereocenters. The third-order valence-electron chi connectivity index (χ3n) is 8.44. The number of ether oxygens (including phenoxy) is 1. The Morgan fingerprint density at radius 1 is 1.22 bits per heavy atom. The predicted octanol–water partition coefficient (Wildman–Crippen LogP) is 5.52. The van der Waals surface area contributed by atoms with Gasteiger partial charge in [-0.2, -0.15) is 0 Å². The van der Waals surface area contributed by atoms with Crippen molar-refractivity contribution in [3.8, 4) is 5.75 Å². The molecular weight excluding hydrogens is 538 g/mol. The van der Waals surface area contributed by atoms with E-state index in [1.165, 1.54) is 10.8 Å². The number of carboxylic acid groups (broad SMARTS) is 1. The van der Waals surface area contributed by atoms with Crippen LogP contribution in [0, 0.1) is 6.92 Å². The standard InChI is InChI=1S/C31H35N5O4S/c1-5-22-16-36(18(3)30-26(40-22)8-9-27(37)32-30)15-21-13-20(12-19-10-11-41-31(19)21)24(14-28(38)39)23-6-7-25-29(17(23)2)33-34-35(25)4/h6-13,18,22,24,33-34H,5,14-16H2,1-4H3,(H,32,37)(H,38,39)/t18?,22-,24-/m1/s1. The molecule has 4 N–H and O–H groups in total. The molecular formula is C31H35N5O4S. The summed E-state index contributed by atoms with van der Waals surface area (Å²) in [5.74, 6) is -0.433. The number of hydrazine groups is 2. The maximum Gasteiger partial charge on any atom is 0.304 e. The second kappa shape index (κ2) is 10.8. The molecule has 3 atom stereocenters. The maximum atomic E-state index is 12.2. The van der Waals surface area contributed by atoms with Crippen LogP contribution in [0.4, 0.5) is 11.4 Å². The van der Waals surface area contributed by atoms with Crippen molar-refractivity contribution in [1.82, 2.24) is 15.4 Å². The zero-order chi connectivity index (χ0) is 28.8. The molecule has 0 aliphatic carbocycles. The van der Waals surface area contributed by atoms with E-state index >= 15 is 0 Å². The Balaban J connectivity index is 1.43. The van der Waals surface area contributed by atoms with Gasteiger partial charge >= 0.3 is 5.97 Å². The quantitative estimate of drug-likeness (QED) is 0.229. The lowest BCUT2D eigenvalue weighted by molar-refractivity contribution is -0.137. The molecule has 0 amide bonds. The highest BCUT2D eigenvalue weighted by atomic mass is 32.1. The molecule has 0 spiro atoms. The lowest BCUT2D eigenvalue weighted by Crippen LogP contribution is -2.34. The summed E-state index contributed by atoms with van der Waals surface area (Å²) >= 11 is 1.70. The number of aliphatic carboxylic acids is 1. The topological polar surface area (TPSA) is 110 Å². The molecule has 4 heterocycles. The van der Waals surface area contributed by atoms with E-state index in [4.69, 9.17) is 4.74 Å². The van der Waals surface area contributed by atoms with Crippen LogP contribution in [-0.2, 0) is 11.3 Å². The van der Waals surface area contributed by atoms with Gasteiger partial charge in [-0.1, -0.05) is 19.1 Å². The number of hydrogen-bond acceptors (Lipinski definition) is 8. The zero-order valence-corrected chi connectivity index (χ0v) is 24.5. The number of aromatic amines is 1. The van der Waals surface area contributed by atoms with Crippen molar-refractivity contribution in [1.29, 1.82) is 0 Å². The van der Waals surface area contributed by atoms with Gasteiger partial charge in [0.05, 0.1) is 29.5 Å². The van der Waals surface area contributed by atoms with E-state index in [-0.39, 0.29) is 30.0 Å². The molecule has 2 aromatic carbocycles. The third kappa shape index (κ3) is 5.07. The molecule has 2 aliphatic heterocycles. The van der Waals surface area contributed by atoms with Crippen LogP contribution in [0.15, 0.2) is 52.6 Å². The Labute approximate surface area is 242 Å². The highest BCUT2D eigenvalue weighted by molar-refractivity contribution is 7.17. The fraction of sp³-hybridized carbons (Fsp3) is 0.355. The Kier molecular flexibility index (Phi) is 7.23. The van der Waals surface area contributed by atoms with E-state index < -0.39 is 5.97 Å². The summed E-state index contributed by atoms with van der Waals surface area (Å²) in [7, 11) is 1.94. The first-order valence-corrected chi connectivity index (χ1v) is 14.9. The number of aromatic nitrogens is 1. The molecule has 4 aromatic rings. The first-order chi connectivity index (χ1) is 19.7. The molecule has 41 heavy (non-hydrogen) atoms. The second-order valence-corrected chi connectivity index (χ2v) is 11.9. The summed E-state index contributed by atoms with van der Waals surface area (Å²) in [5.41, 5.74) is 13.1. The summed E-state index contributed by atoms with van der Waals surface area (Å²) in [4.78, 5) is 29.8. The minimum absolute atomic E-state index is 0.0142. The SMILES string of the molecule is CC[C@@H]1CN(Cc2cc([C@@H](CC(=O)O)c3ccc4c(c3C)NNN4C)cc3ccsc23)C(C)c2[nH]c(=O)ccc2O1. The first-order valence-electron chi connectivity index (χ1n) is 14.0. The number of pyridine rings is 1. The van der Waals surface area contributed by atoms with Crippen LogP contribution in [0.25, 0.3) is 10.1 Å². The van der Waals surface area contributed by atoms with Gasteiger partial charge in [-0.3, -0.25) is 19.5 Å². The van der Waals surface area contributed by atoms with Crippen molar-refractivity contribution in [2.24, 2.45) is 0 Å². The summed E-state index contributed by atoms with van der Waals surface area (Å²) in [6.45, 7) is 7.61. The average molecular weight is 574 g/mol. The van der Waals surface area contributed by atoms with Gasteiger partial charge < -0.3 is 20.3 Å². The zero-order valence-electron chi connectivity index (χ0n) is 23.7. The van der Waals surface area contributed by atoms with Crippen LogP contribution >= 0.6 is 11.3 Å². The largest absolute Gasteiger partial charge is 0.487 e. The molecule has 0 bridgehead atoms. The summed E-state index contributed by atoms with van der Waals surface area (Å²) in [6, 6.07) is 13.7. The summed E-state index contributed by atoms with van der Waals surface area (Å²) < 4.78 is 7.49. The van der Waals surface area contributed by atoms with E-state index in [0.717, 1.165) is 56.9 Å². The minimum Gasteiger partial charge on any atom is -0.487 e. The van der Waals surface area contributed by atoms with Gasteiger partial charge in [-0.25, -0.2) is 0 Å². The van der Waals surface area contributed by atoms with E-state index in [1.54, 1.807) is 17.4 Å². The number of nitrogens with zero attached hydrogens (tertiary/aromatic N) is 2. The van der Waals surface area contributed by atoms with Crippen molar-refractivity contribution >= 4 is 38.8 Å². The van der Waals surface area contributed by atoms with Gasteiger partial charge in [0.15, 0.2) is 0 Å². The van der Waals surface area contributed by atoms with Gasteiger partial charge in [0, 0.05) is 36.8 Å². The number of hydrogen-bond donors (Lipinski definition) is 4. The predicted molar refractivity (Wildman–Crippen MR) is 163 cm³/mol. The molecule has 2 aliphatic rings. The molecule has 2 aromatic heterocycles. The molecule has 0 saturated carbocycles. The van der Waals surface area contributed by atoms with Crippen LogP contribution in [0.2, 0.25) is 0 Å². The average Bonchev–Trinajstić information content (AvgIpc) is 3.55. The Bertz CT molecular complexity index is 1680. The molecule has 9 nitrogen and oxygen atoms in total. The molecule has 0 radical (unpaired) electrons. The number of thiophene rings is 1. The van der Waals surface area contributed by atoms with Gasteiger partial charge in [0.2, 0.25) is 5.56 Å². The number of rotatable bonds is 7. The van der Waals surface area contributed by atoms with E-state index in [1.807, 2.05) is 25.0 Å². The van der Waals surface area contributed by atoms with Crippen LogP contribution in [-0.4, -0.2) is 40.7 Å². The Hall–Kier alpha value is -3.86. The van der Waals surface area contributed by atoms with E-state index in [9.17, 15) is 14.7 Å². The third-order valence-corrected chi connectivity index (χ3v) is 9.44. The number of carbonyl (C=O) groups is 1. The van der Waals surface area contributed by atoms with E-state index in [0.29, 0.717) is 13.1 Å². The maximum absolute atomic E-state index is 12.2. The highest BCUT2D eigenvalue weighted by Crippen LogP contribution is 2.42. The van der Waals surface area contributed by atoms with Crippen molar-refractivity contribution in [2.45, 2.75) is 58.2 Å². The van der Waals surface area contributed by atoms with Gasteiger partial charge in [0.1, 0.15) is 11.9 Å². The first kappa shape index (κ1) is 27.3. The monoisotopic (exact) mass is 573 g/mol. The van der Waals surface area contributed by atoms with Gasteiger partial charge in [-0.05, 0) is 77.6 Å². The van der Waals surface area contributed by atoms with Crippen molar-refractivity contribution in [3.63, 3.8) is 0 Å². The Morgan fingerprint density at radius 2 is 2.05 bits per heavy atom. The fourth-order valence-corrected chi connectivity index (χ4v) is 7.04. The lowest BCUT2D eigenvalue weighted by Gasteiger charge is -2.29. The molecule has 0 fully saturated rings. The smallest absolute Gasteiger partial charge is 0.304 e. The number of benzene rings is 2. The van der Waals surface area contributed by atoms with Crippen LogP contribution < -0.4 is 26.3 Å². The number of fused-ring (bicyclic) bond motifs is 3. The molecule has 0 saturated heterocycles. The number of carboxylic acids is 1. The number of H-pyrrole nitrogens is 1. The van der Waals surface area contributed by atoms with Gasteiger partial charge in [-0.15, -0.1) is 16.9 Å². The molecule has 214 valence electrons. The van der Waals surface area contributed by atoms with Crippen molar-refractivity contribution in [2.75, 3.05) is 24.0 Å². The van der Waals surface area contributed by atoms with Crippen LogP contribution in [0.5, 0.6) is 5.75 Å². The fourth-order valence-electron chi connectivity index (χ4n) is 6.15. The lowest BCUT2D eigenvalue weighted by atomic mass is 9.84. The Morgan fingerprint density at radius 3 is 2.83 bits per heavy atom. The van der Waals surface area contributed by atoms with Crippen molar-refractivity contribution in [3.05, 3.63) is 86.1 Å². The van der Waals surface area contributed by atoms with Crippen LogP contribution in [0.1, 0.15) is 66.6 Å². The summed E-state index contributed by atoms with van der Waals surface area (Å²) in [6.07, 6.45) is 0.810.